The number of hydrogen-bond acceptors (Lipinski definition) is 7. The number of halogens is 3. The van der Waals surface area contributed by atoms with Gasteiger partial charge in [0, 0.05) is 57.1 Å². The molecule has 4 aromatic rings. The van der Waals surface area contributed by atoms with Crippen molar-refractivity contribution in [2.75, 3.05) is 45.1 Å². The third-order valence-electron chi connectivity index (χ3n) is 10.9. The Bertz CT molecular complexity index is 1940. The summed E-state index contributed by atoms with van der Waals surface area (Å²) in [5, 5.41) is 1.52. The van der Waals surface area contributed by atoms with E-state index in [0.29, 0.717) is 45.1 Å². The fraction of sp³-hybridized carbons (Fsp3) is 0.364. The second kappa shape index (κ2) is 18.0. The number of amides is 2. The van der Waals surface area contributed by atoms with Gasteiger partial charge in [-0.05, 0) is 158 Å². The van der Waals surface area contributed by atoms with Crippen LogP contribution in [-0.2, 0) is 35.2 Å². The number of rotatable bonds is 2. The van der Waals surface area contributed by atoms with E-state index in [1.807, 2.05) is 38.2 Å². The van der Waals surface area contributed by atoms with Crippen molar-refractivity contribution in [3.8, 4) is 0 Å². The highest BCUT2D eigenvalue weighted by atomic mass is 127. The number of ether oxygens (including phenoxy) is 2. The normalized spacial score (nSPS) is 16.3. The zero-order valence-electron chi connectivity index (χ0n) is 31.8. The molecule has 4 heterocycles. The highest BCUT2D eigenvalue weighted by molar-refractivity contribution is 14.1. The summed E-state index contributed by atoms with van der Waals surface area (Å²) in [5.74, 6) is 0. The highest BCUT2D eigenvalue weighted by Crippen LogP contribution is 2.40. The maximum absolute atomic E-state index is 12.1. The van der Waals surface area contributed by atoms with Crippen LogP contribution in [-0.4, -0.2) is 71.3 Å². The molecule has 56 heavy (non-hydrogen) atoms. The fourth-order valence-corrected chi connectivity index (χ4v) is 9.13. The molecule has 2 aliphatic heterocycles. The van der Waals surface area contributed by atoms with Crippen molar-refractivity contribution < 1.29 is 19.1 Å². The number of carbonyl (C=O) groups is 2. The molecule has 0 radical (unpaired) electrons. The van der Waals surface area contributed by atoms with Crippen LogP contribution in [0, 0.1) is 3.57 Å². The quantitative estimate of drug-likeness (QED) is 0.200. The maximum atomic E-state index is 12.1. The molecule has 0 unspecified atom stereocenters. The number of pyridine rings is 2. The summed E-state index contributed by atoms with van der Waals surface area (Å²) in [7, 11) is 0. The number of likely N-dealkylation sites (tertiary alicyclic amines) is 2. The van der Waals surface area contributed by atoms with Crippen LogP contribution in [0.25, 0.3) is 11.1 Å². The molecule has 9 nitrogen and oxygen atoms in total. The number of nitrogens with zero attached hydrogens (tertiary/aromatic N) is 4. The van der Waals surface area contributed by atoms with Crippen LogP contribution in [0.3, 0.4) is 0 Å². The lowest BCUT2D eigenvalue weighted by molar-refractivity contribution is 0.103. The number of nitrogens with two attached hydrogens (primary N) is 1. The van der Waals surface area contributed by atoms with Gasteiger partial charge in [-0.2, -0.15) is 0 Å². The maximum Gasteiger partial charge on any atom is 0.409 e. The minimum absolute atomic E-state index is 0.215. The molecule has 2 aliphatic carbocycles. The van der Waals surface area contributed by atoms with E-state index in [4.69, 9.17) is 48.4 Å². The summed E-state index contributed by atoms with van der Waals surface area (Å²) in [6.45, 7) is 7.16. The Morgan fingerprint density at radius 1 is 0.643 bits per heavy atom. The summed E-state index contributed by atoms with van der Waals surface area (Å²) < 4.78 is 11.5. The number of nitrogen functional groups attached to an aromatic ring is 1. The summed E-state index contributed by atoms with van der Waals surface area (Å²) in [4.78, 5) is 37.3. The van der Waals surface area contributed by atoms with Crippen LogP contribution in [0.5, 0.6) is 0 Å². The number of piperidine rings is 2. The SMILES string of the molecule is CCOC(=O)N1CCC(=C2c3ccc(Cl)cc3CCc3cc(I)cnc32)CC1.CCOC(=O)N1CCC(=C2c3ccc(Cl)cc3CCc3cc(N)cnc32)CC1. The molecule has 8 rings (SSSR count). The predicted molar refractivity (Wildman–Crippen MR) is 231 cm³/mol. The van der Waals surface area contributed by atoms with Gasteiger partial charge in [0.15, 0.2) is 0 Å². The first-order valence-electron chi connectivity index (χ1n) is 19.4. The molecule has 0 atom stereocenters. The van der Waals surface area contributed by atoms with Crippen molar-refractivity contribution in [2.45, 2.75) is 65.2 Å². The van der Waals surface area contributed by atoms with Crippen molar-refractivity contribution in [2.24, 2.45) is 0 Å². The van der Waals surface area contributed by atoms with E-state index in [2.05, 4.69) is 52.9 Å². The van der Waals surface area contributed by atoms with E-state index in [9.17, 15) is 9.59 Å². The van der Waals surface area contributed by atoms with E-state index >= 15 is 0 Å². The largest absolute Gasteiger partial charge is 0.450 e. The second-order valence-corrected chi connectivity index (χ2v) is 16.5. The minimum atomic E-state index is -0.231. The van der Waals surface area contributed by atoms with Crippen LogP contribution in [0.1, 0.15) is 84.3 Å². The molecule has 2 aromatic heterocycles. The topological polar surface area (TPSA) is 111 Å². The number of benzene rings is 2. The zero-order valence-corrected chi connectivity index (χ0v) is 35.5. The summed E-state index contributed by atoms with van der Waals surface area (Å²) in [6, 6.07) is 16.6. The van der Waals surface area contributed by atoms with Gasteiger partial charge in [0.1, 0.15) is 0 Å². The van der Waals surface area contributed by atoms with Crippen LogP contribution in [0.15, 0.2) is 72.1 Å². The van der Waals surface area contributed by atoms with E-state index in [1.165, 1.54) is 55.7 Å². The average Bonchev–Trinajstić information content (AvgIpc) is 3.45. The Balaban J connectivity index is 0.000000172. The van der Waals surface area contributed by atoms with Gasteiger partial charge in [-0.25, -0.2) is 9.59 Å². The van der Waals surface area contributed by atoms with Gasteiger partial charge < -0.3 is 25.0 Å². The molecular weight excluding hydrogens is 860 g/mol. The van der Waals surface area contributed by atoms with Crippen LogP contribution >= 0.6 is 45.8 Å². The monoisotopic (exact) mass is 905 g/mol. The standard InChI is InChI=1S/C22H22ClIN2O2.C22H24ClN3O2/c2*1-2-28-22(27)26-9-7-14(8-10-26)20-19-6-5-17(23)11-15(19)3-4-16-12-18(24)13-25-21(16)20/h5-6,11-13H,2-4,7-10H2,1H3;5-6,11-13H,2-4,7-10,24H2,1H3. The lowest BCUT2D eigenvalue weighted by Gasteiger charge is -2.29. The average molecular weight is 907 g/mol. The fourth-order valence-electron chi connectivity index (χ4n) is 8.22. The number of aromatic nitrogens is 2. The smallest absolute Gasteiger partial charge is 0.409 e. The molecule has 0 spiro atoms. The van der Waals surface area contributed by atoms with E-state index < -0.39 is 0 Å². The van der Waals surface area contributed by atoms with Crippen molar-refractivity contribution in [3.63, 3.8) is 0 Å². The van der Waals surface area contributed by atoms with Crippen LogP contribution < -0.4 is 5.73 Å². The Hall–Kier alpha value is -4.13. The summed E-state index contributed by atoms with van der Waals surface area (Å²) in [6.07, 6.45) is 10.2. The molecule has 2 fully saturated rings. The molecule has 2 aromatic carbocycles. The van der Waals surface area contributed by atoms with Gasteiger partial charge in [-0.3, -0.25) is 9.97 Å². The van der Waals surface area contributed by atoms with Crippen LogP contribution in [0.4, 0.5) is 15.3 Å². The van der Waals surface area contributed by atoms with Crippen molar-refractivity contribution in [1.82, 2.24) is 19.8 Å². The molecule has 292 valence electrons. The predicted octanol–water partition coefficient (Wildman–Crippen LogP) is 9.96. The molecule has 12 heteroatoms. The molecule has 2 saturated heterocycles. The first-order chi connectivity index (χ1) is 27.1. The number of anilines is 1. The Morgan fingerprint density at radius 2 is 1.07 bits per heavy atom. The first kappa shape index (κ1) is 40.1. The minimum Gasteiger partial charge on any atom is -0.450 e. The third-order valence-corrected chi connectivity index (χ3v) is 11.9. The summed E-state index contributed by atoms with van der Waals surface area (Å²) in [5.41, 5.74) is 21.3. The Labute approximate surface area is 352 Å². The molecule has 2 N–H and O–H groups in total. The van der Waals surface area contributed by atoms with Crippen molar-refractivity contribution in [3.05, 3.63) is 130 Å². The lowest BCUT2D eigenvalue weighted by atomic mass is 9.88. The van der Waals surface area contributed by atoms with E-state index in [1.54, 1.807) is 16.0 Å². The second-order valence-electron chi connectivity index (χ2n) is 14.4. The Morgan fingerprint density at radius 3 is 1.54 bits per heavy atom. The molecule has 0 bridgehead atoms. The van der Waals surface area contributed by atoms with Gasteiger partial charge in [-0.15, -0.1) is 0 Å². The van der Waals surface area contributed by atoms with Crippen molar-refractivity contribution >= 4 is 74.8 Å². The third kappa shape index (κ3) is 8.87. The van der Waals surface area contributed by atoms with Gasteiger partial charge in [0.25, 0.3) is 0 Å². The molecule has 2 amide bonds. The van der Waals surface area contributed by atoms with Gasteiger partial charge in [0.05, 0.1) is 36.5 Å². The first-order valence-corrected chi connectivity index (χ1v) is 21.2. The number of carbonyl (C=O) groups excluding carboxylic acids is 2. The van der Waals surface area contributed by atoms with E-state index in [-0.39, 0.29) is 12.2 Å². The summed E-state index contributed by atoms with van der Waals surface area (Å²) >= 11 is 14.9. The van der Waals surface area contributed by atoms with Crippen molar-refractivity contribution in [1.29, 1.82) is 0 Å². The van der Waals surface area contributed by atoms with Gasteiger partial charge in [-0.1, -0.05) is 46.5 Å². The number of hydrogen-bond donors (Lipinski definition) is 1. The zero-order chi connectivity index (χ0) is 39.3. The number of fused-ring (bicyclic) bond motifs is 4. The Kier molecular flexibility index (Phi) is 12.9. The van der Waals surface area contributed by atoms with E-state index in [0.717, 1.165) is 76.4 Å². The lowest BCUT2D eigenvalue weighted by Crippen LogP contribution is -2.37. The molecule has 0 saturated carbocycles. The highest BCUT2D eigenvalue weighted by Gasteiger charge is 2.29. The molecular formula is C44H46Cl2IN5O4. The van der Waals surface area contributed by atoms with Gasteiger partial charge >= 0.3 is 12.2 Å². The van der Waals surface area contributed by atoms with Gasteiger partial charge in [0.2, 0.25) is 0 Å². The molecule has 4 aliphatic rings. The number of aryl methyl sites for hydroxylation is 4. The van der Waals surface area contributed by atoms with Crippen LogP contribution in [0.2, 0.25) is 10.0 Å².